The van der Waals surface area contributed by atoms with Crippen molar-refractivity contribution in [2.75, 3.05) is 17.6 Å². The number of anilines is 1. The van der Waals surface area contributed by atoms with Gasteiger partial charge in [-0.3, -0.25) is 9.52 Å². The fourth-order valence-corrected chi connectivity index (χ4v) is 4.91. The summed E-state index contributed by atoms with van der Waals surface area (Å²) in [5.41, 5.74) is 4.23. The highest BCUT2D eigenvalue weighted by Crippen LogP contribution is 2.25. The molecule has 6 nitrogen and oxygen atoms in total. The molecule has 34 heavy (non-hydrogen) atoms. The van der Waals surface area contributed by atoms with Crippen molar-refractivity contribution < 1.29 is 17.9 Å². The maximum Gasteiger partial charge on any atom is 0.261 e. The van der Waals surface area contributed by atoms with Gasteiger partial charge >= 0.3 is 0 Å². The van der Waals surface area contributed by atoms with Gasteiger partial charge in [-0.15, -0.1) is 11.8 Å². The van der Waals surface area contributed by atoms with Crippen LogP contribution < -0.4 is 14.8 Å². The number of sulfonamides is 1. The zero-order valence-corrected chi connectivity index (χ0v) is 21.6. The van der Waals surface area contributed by atoms with Crippen molar-refractivity contribution in [2.24, 2.45) is 0 Å². The Morgan fingerprint density at radius 1 is 0.941 bits per heavy atom. The maximum atomic E-state index is 12.8. The Hall–Kier alpha value is -2.97. The molecule has 0 fully saturated rings. The highest BCUT2D eigenvalue weighted by atomic mass is 32.2. The molecule has 0 aromatic heterocycles. The first kappa shape index (κ1) is 25.6. The Bertz CT molecular complexity index is 1270. The number of ether oxygens (including phenoxy) is 1. The Labute approximate surface area is 206 Å². The van der Waals surface area contributed by atoms with E-state index < -0.39 is 10.0 Å². The van der Waals surface area contributed by atoms with Gasteiger partial charge in [-0.2, -0.15) is 0 Å². The quantitative estimate of drug-likeness (QED) is 0.387. The summed E-state index contributed by atoms with van der Waals surface area (Å²) in [6, 6.07) is 17.9. The van der Waals surface area contributed by atoms with Crippen molar-refractivity contribution in [3.63, 3.8) is 0 Å². The number of rotatable bonds is 9. The first-order valence-corrected chi connectivity index (χ1v) is 13.6. The van der Waals surface area contributed by atoms with E-state index in [2.05, 4.69) is 10.0 Å². The normalized spacial score (nSPS) is 12.1. The molecule has 2 N–H and O–H groups in total. The van der Waals surface area contributed by atoms with Crippen LogP contribution in [0.1, 0.15) is 35.2 Å². The molecule has 0 heterocycles. The van der Waals surface area contributed by atoms with Crippen molar-refractivity contribution in [3.8, 4) is 5.75 Å². The van der Waals surface area contributed by atoms with Crippen LogP contribution in [0, 0.1) is 20.8 Å². The van der Waals surface area contributed by atoms with Crippen LogP contribution in [0.4, 0.5) is 5.69 Å². The van der Waals surface area contributed by atoms with Crippen LogP contribution >= 0.6 is 11.8 Å². The minimum absolute atomic E-state index is 0.127. The molecule has 0 spiro atoms. The lowest BCUT2D eigenvalue weighted by atomic mass is 10.1. The smallest absolute Gasteiger partial charge is 0.261 e. The first-order valence-electron chi connectivity index (χ1n) is 10.9. The van der Waals surface area contributed by atoms with Crippen LogP contribution in [0.2, 0.25) is 0 Å². The number of aryl methyl sites for hydroxylation is 3. The summed E-state index contributed by atoms with van der Waals surface area (Å²) in [4.78, 5) is 13.7. The minimum atomic E-state index is -3.75. The average molecular weight is 499 g/mol. The van der Waals surface area contributed by atoms with Crippen molar-refractivity contribution in [3.05, 3.63) is 82.9 Å². The van der Waals surface area contributed by atoms with Gasteiger partial charge in [0.15, 0.2) is 6.61 Å². The van der Waals surface area contributed by atoms with Crippen LogP contribution in [-0.2, 0) is 14.8 Å². The van der Waals surface area contributed by atoms with Gasteiger partial charge in [-0.1, -0.05) is 18.2 Å². The maximum absolute atomic E-state index is 12.8. The van der Waals surface area contributed by atoms with Gasteiger partial charge in [-0.05, 0) is 98.7 Å². The molecule has 1 amide bonds. The van der Waals surface area contributed by atoms with Crippen molar-refractivity contribution >= 4 is 33.4 Å². The Morgan fingerprint density at radius 2 is 1.65 bits per heavy atom. The summed E-state index contributed by atoms with van der Waals surface area (Å²) in [7, 11) is -3.75. The van der Waals surface area contributed by atoms with Crippen molar-refractivity contribution in [1.29, 1.82) is 0 Å². The molecule has 0 bridgehead atoms. The lowest BCUT2D eigenvalue weighted by Crippen LogP contribution is -2.31. The number of carbonyl (C=O) groups is 1. The summed E-state index contributed by atoms with van der Waals surface area (Å²) in [5, 5.41) is 2.92. The number of hydrogen-bond acceptors (Lipinski definition) is 5. The lowest BCUT2D eigenvalue weighted by molar-refractivity contribution is -0.123. The Balaban J connectivity index is 1.60. The van der Waals surface area contributed by atoms with Crippen LogP contribution in [0.5, 0.6) is 5.75 Å². The van der Waals surface area contributed by atoms with E-state index in [1.807, 2.05) is 57.4 Å². The summed E-state index contributed by atoms with van der Waals surface area (Å²) in [5.74, 6) is 0.200. The van der Waals surface area contributed by atoms with E-state index in [9.17, 15) is 13.2 Å². The second kappa shape index (κ2) is 11.0. The van der Waals surface area contributed by atoms with E-state index in [4.69, 9.17) is 4.74 Å². The van der Waals surface area contributed by atoms with E-state index in [0.29, 0.717) is 17.0 Å². The molecule has 0 saturated carbocycles. The number of thioether (sulfide) groups is 1. The van der Waals surface area contributed by atoms with E-state index in [-0.39, 0.29) is 23.5 Å². The number of carbonyl (C=O) groups excluding carboxylic acids is 1. The van der Waals surface area contributed by atoms with Gasteiger partial charge < -0.3 is 10.1 Å². The Morgan fingerprint density at radius 3 is 2.26 bits per heavy atom. The minimum Gasteiger partial charge on any atom is -0.484 e. The number of nitrogens with one attached hydrogen (secondary N) is 2. The van der Waals surface area contributed by atoms with Crippen molar-refractivity contribution in [2.45, 2.75) is 43.5 Å². The van der Waals surface area contributed by atoms with Gasteiger partial charge in [0.25, 0.3) is 15.9 Å². The van der Waals surface area contributed by atoms with Gasteiger partial charge in [0, 0.05) is 10.6 Å². The van der Waals surface area contributed by atoms with Crippen LogP contribution in [0.15, 0.2) is 70.5 Å². The highest BCUT2D eigenvalue weighted by Gasteiger charge is 2.17. The molecule has 1 unspecified atom stereocenters. The molecule has 0 aliphatic carbocycles. The summed E-state index contributed by atoms with van der Waals surface area (Å²) < 4.78 is 33.9. The molecule has 0 radical (unpaired) electrons. The van der Waals surface area contributed by atoms with Gasteiger partial charge in [0.05, 0.1) is 10.9 Å². The largest absolute Gasteiger partial charge is 0.484 e. The third kappa shape index (κ3) is 6.55. The fraction of sp³-hybridized carbons (Fsp3) is 0.269. The number of amides is 1. The molecule has 8 heteroatoms. The number of hydrogen-bond donors (Lipinski definition) is 2. The third-order valence-electron chi connectivity index (χ3n) is 5.57. The standard InChI is InChI=1S/C26H30N2O4S2/c1-17-6-9-22(14-18(17)2)28-34(30,31)24-12-13-25(19(3)15-24)32-16-26(29)27-20(4)21-7-10-23(33-5)11-8-21/h6-15,20,28H,16H2,1-5H3,(H,27,29). The second-order valence-electron chi connectivity index (χ2n) is 8.18. The number of benzene rings is 3. The molecule has 0 saturated heterocycles. The molecular weight excluding hydrogens is 468 g/mol. The van der Waals surface area contributed by atoms with Crippen molar-refractivity contribution in [1.82, 2.24) is 5.32 Å². The molecule has 3 aromatic carbocycles. The van der Waals surface area contributed by atoms with Gasteiger partial charge in [0.2, 0.25) is 0 Å². The molecule has 3 aromatic rings. The van der Waals surface area contributed by atoms with E-state index >= 15 is 0 Å². The van der Waals surface area contributed by atoms with E-state index in [0.717, 1.165) is 21.6 Å². The fourth-order valence-electron chi connectivity index (χ4n) is 3.37. The lowest BCUT2D eigenvalue weighted by Gasteiger charge is -2.16. The van der Waals surface area contributed by atoms with Gasteiger partial charge in [0.1, 0.15) is 5.75 Å². The highest BCUT2D eigenvalue weighted by molar-refractivity contribution is 7.98. The van der Waals surface area contributed by atoms with Crippen LogP contribution in [-0.4, -0.2) is 27.2 Å². The first-order chi connectivity index (χ1) is 16.1. The second-order valence-corrected chi connectivity index (χ2v) is 10.7. The van der Waals surface area contributed by atoms with Crippen LogP contribution in [0.25, 0.3) is 0 Å². The average Bonchev–Trinajstić information content (AvgIpc) is 2.80. The molecule has 0 aliphatic rings. The zero-order valence-electron chi connectivity index (χ0n) is 20.0. The van der Waals surface area contributed by atoms with Gasteiger partial charge in [-0.25, -0.2) is 8.42 Å². The van der Waals surface area contributed by atoms with E-state index in [1.165, 1.54) is 12.1 Å². The summed E-state index contributed by atoms with van der Waals surface area (Å²) in [6.45, 7) is 7.40. The summed E-state index contributed by atoms with van der Waals surface area (Å²) >= 11 is 1.66. The molecule has 0 aliphatic heterocycles. The zero-order chi connectivity index (χ0) is 24.9. The molecule has 180 valence electrons. The molecular formula is C26H30N2O4S2. The monoisotopic (exact) mass is 498 g/mol. The predicted octanol–water partition coefficient (Wildman–Crippen LogP) is 5.39. The third-order valence-corrected chi connectivity index (χ3v) is 7.69. The predicted molar refractivity (Wildman–Crippen MR) is 138 cm³/mol. The topological polar surface area (TPSA) is 84.5 Å². The Kier molecular flexibility index (Phi) is 8.28. The molecule has 1 atom stereocenters. The summed E-state index contributed by atoms with van der Waals surface area (Å²) in [6.07, 6.45) is 2.02. The SMILES string of the molecule is CSc1ccc(C(C)NC(=O)COc2ccc(S(=O)(=O)Nc3ccc(C)c(C)c3)cc2C)cc1. The van der Waals surface area contributed by atoms with E-state index in [1.54, 1.807) is 36.9 Å². The molecule has 3 rings (SSSR count). The van der Waals surface area contributed by atoms with Crippen LogP contribution in [0.3, 0.4) is 0 Å².